The van der Waals surface area contributed by atoms with Crippen molar-refractivity contribution in [2.75, 3.05) is 5.75 Å². The Morgan fingerprint density at radius 3 is 2.44 bits per heavy atom. The molecule has 0 aromatic rings. The van der Waals surface area contributed by atoms with E-state index in [4.69, 9.17) is 4.55 Å². The van der Waals surface area contributed by atoms with Gasteiger partial charge in [0.15, 0.2) is 0 Å². The Bertz CT molecular complexity index is 492. The van der Waals surface area contributed by atoms with Crippen LogP contribution in [0.1, 0.15) is 33.1 Å². The Morgan fingerprint density at radius 1 is 1.38 bits per heavy atom. The number of hydrogen-bond donors (Lipinski definition) is 1. The number of carbonyl (C=O) groups excluding carboxylic acids is 1. The van der Waals surface area contributed by atoms with Gasteiger partial charge < -0.3 is 0 Å². The van der Waals surface area contributed by atoms with E-state index in [9.17, 15) is 13.2 Å². The molecule has 1 N–H and O–H groups in total. The molecule has 3 rings (SSSR count). The minimum absolute atomic E-state index is 0.0562. The van der Waals surface area contributed by atoms with Crippen LogP contribution in [0.4, 0.5) is 0 Å². The van der Waals surface area contributed by atoms with Gasteiger partial charge in [-0.25, -0.2) is 0 Å². The fraction of sp³-hybridized carbons (Fsp3) is 0.909. The molecule has 0 amide bonds. The number of hydrogen-bond acceptors (Lipinski definition) is 3. The van der Waals surface area contributed by atoms with Gasteiger partial charge in [-0.05, 0) is 29.6 Å². The maximum atomic E-state index is 12.0. The standard InChI is InChI=1S/C11H16O4S/c1-9(2)7-5-8(12)10(6-16(13,14)15)3-4-11(7,9)10/h7H,3-6H2,1-2H3,(H,13,14,15). The van der Waals surface area contributed by atoms with Crippen LogP contribution in [-0.2, 0) is 14.9 Å². The predicted octanol–water partition coefficient (Wildman–Crippen LogP) is 1.27. The monoisotopic (exact) mass is 244 g/mol. The zero-order valence-electron chi connectivity index (χ0n) is 9.49. The fourth-order valence-corrected chi connectivity index (χ4v) is 6.09. The second kappa shape index (κ2) is 2.38. The molecule has 3 unspecified atom stereocenters. The molecule has 3 atom stereocenters. The average molecular weight is 244 g/mol. The van der Waals surface area contributed by atoms with Gasteiger partial charge in [0.05, 0.1) is 11.2 Å². The number of rotatable bonds is 2. The molecule has 3 aliphatic carbocycles. The van der Waals surface area contributed by atoms with Gasteiger partial charge in [0.25, 0.3) is 10.1 Å². The van der Waals surface area contributed by atoms with Gasteiger partial charge in [0, 0.05) is 6.42 Å². The van der Waals surface area contributed by atoms with Crippen molar-refractivity contribution in [3.8, 4) is 0 Å². The van der Waals surface area contributed by atoms with E-state index in [1.807, 2.05) is 0 Å². The molecule has 0 radical (unpaired) electrons. The molecule has 4 nitrogen and oxygen atoms in total. The van der Waals surface area contributed by atoms with Crippen LogP contribution in [0.3, 0.4) is 0 Å². The van der Waals surface area contributed by atoms with Crippen LogP contribution in [0, 0.1) is 22.2 Å². The van der Waals surface area contributed by atoms with Crippen LogP contribution in [0.2, 0.25) is 0 Å². The van der Waals surface area contributed by atoms with Gasteiger partial charge in [0.1, 0.15) is 5.78 Å². The highest BCUT2D eigenvalue weighted by atomic mass is 32.2. The number of carbonyl (C=O) groups is 1. The van der Waals surface area contributed by atoms with Gasteiger partial charge in [0.2, 0.25) is 0 Å². The Hall–Kier alpha value is -0.420. The molecule has 16 heavy (non-hydrogen) atoms. The first-order valence-electron chi connectivity index (χ1n) is 5.66. The highest BCUT2D eigenvalue weighted by Gasteiger charge is 2.88. The topological polar surface area (TPSA) is 71.4 Å². The largest absolute Gasteiger partial charge is 0.299 e. The van der Waals surface area contributed by atoms with E-state index in [1.54, 1.807) is 0 Å². The van der Waals surface area contributed by atoms with Crippen LogP contribution in [0.25, 0.3) is 0 Å². The van der Waals surface area contributed by atoms with Crippen LogP contribution in [0.5, 0.6) is 0 Å². The lowest BCUT2D eigenvalue weighted by Gasteiger charge is -2.49. The Morgan fingerprint density at radius 2 is 2.00 bits per heavy atom. The molecule has 3 fully saturated rings. The summed E-state index contributed by atoms with van der Waals surface area (Å²) in [7, 11) is -4.06. The molecule has 0 aliphatic heterocycles. The normalized spacial score (nSPS) is 48.2. The first-order chi connectivity index (χ1) is 7.17. The quantitative estimate of drug-likeness (QED) is 0.742. The first kappa shape index (κ1) is 10.7. The summed E-state index contributed by atoms with van der Waals surface area (Å²) in [6.07, 6.45) is 2.07. The maximum absolute atomic E-state index is 12.0. The molecule has 90 valence electrons. The summed E-state index contributed by atoms with van der Waals surface area (Å²) >= 11 is 0. The van der Waals surface area contributed by atoms with E-state index < -0.39 is 15.5 Å². The van der Waals surface area contributed by atoms with Crippen molar-refractivity contribution in [1.29, 1.82) is 0 Å². The third kappa shape index (κ3) is 0.840. The molecular formula is C11H16O4S. The van der Waals surface area contributed by atoms with Crippen molar-refractivity contribution in [2.24, 2.45) is 22.2 Å². The molecule has 0 saturated heterocycles. The molecule has 3 aliphatic rings. The van der Waals surface area contributed by atoms with Gasteiger partial charge in [-0.3, -0.25) is 9.35 Å². The van der Waals surface area contributed by atoms with Crippen molar-refractivity contribution in [1.82, 2.24) is 0 Å². The molecule has 0 heterocycles. The zero-order chi connectivity index (χ0) is 12.0. The van der Waals surface area contributed by atoms with E-state index >= 15 is 0 Å². The lowest BCUT2D eigenvalue weighted by molar-refractivity contribution is -0.137. The SMILES string of the molecule is CC1(C)C2CC(=O)C3(CS(=O)(=O)O)CCC231. The summed E-state index contributed by atoms with van der Waals surface area (Å²) in [4.78, 5) is 12.0. The van der Waals surface area contributed by atoms with Crippen LogP contribution in [0.15, 0.2) is 0 Å². The lowest BCUT2D eigenvalue weighted by atomic mass is 9.55. The average Bonchev–Trinajstić information content (AvgIpc) is 2.51. The van der Waals surface area contributed by atoms with E-state index in [0.29, 0.717) is 18.8 Å². The predicted molar refractivity (Wildman–Crippen MR) is 57.4 cm³/mol. The van der Waals surface area contributed by atoms with Crippen molar-refractivity contribution in [3.05, 3.63) is 0 Å². The first-order valence-corrected chi connectivity index (χ1v) is 7.27. The smallest absolute Gasteiger partial charge is 0.265 e. The summed E-state index contributed by atoms with van der Waals surface area (Å²) in [5.41, 5.74) is -0.800. The van der Waals surface area contributed by atoms with E-state index in [0.717, 1.165) is 6.42 Å². The highest BCUT2D eigenvalue weighted by Crippen LogP contribution is 2.89. The third-order valence-corrected chi connectivity index (χ3v) is 6.54. The molecule has 0 bridgehead atoms. The minimum Gasteiger partial charge on any atom is -0.299 e. The summed E-state index contributed by atoms with van der Waals surface area (Å²) in [5.74, 6) is 0.0300. The van der Waals surface area contributed by atoms with Crippen molar-refractivity contribution < 1.29 is 17.8 Å². The van der Waals surface area contributed by atoms with Gasteiger partial charge in [-0.2, -0.15) is 8.42 Å². The Labute approximate surface area is 95.2 Å². The molecule has 1 spiro atoms. The van der Waals surface area contributed by atoms with Crippen molar-refractivity contribution in [3.63, 3.8) is 0 Å². The molecule has 5 heteroatoms. The molecule has 0 aromatic carbocycles. The van der Waals surface area contributed by atoms with Gasteiger partial charge in [-0.1, -0.05) is 13.8 Å². The molecule has 3 saturated carbocycles. The molecular weight excluding hydrogens is 228 g/mol. The second-order valence-corrected chi connectivity index (χ2v) is 7.63. The van der Waals surface area contributed by atoms with Gasteiger partial charge >= 0.3 is 0 Å². The maximum Gasteiger partial charge on any atom is 0.265 e. The second-order valence-electron chi connectivity index (χ2n) is 6.18. The Kier molecular flexibility index (Phi) is 1.60. The number of ketones is 1. The van der Waals surface area contributed by atoms with E-state index in [1.165, 1.54) is 0 Å². The summed E-state index contributed by atoms with van der Waals surface area (Å²) in [5, 5.41) is 0. The van der Waals surface area contributed by atoms with Crippen LogP contribution >= 0.6 is 0 Å². The highest BCUT2D eigenvalue weighted by molar-refractivity contribution is 7.85. The number of Topliss-reactive ketones (excluding diaryl/α,β-unsaturated/α-hetero) is 1. The van der Waals surface area contributed by atoms with E-state index in [2.05, 4.69) is 13.8 Å². The van der Waals surface area contributed by atoms with Crippen molar-refractivity contribution >= 4 is 15.9 Å². The molecule has 0 aromatic heterocycles. The Balaban J connectivity index is 2.05. The van der Waals surface area contributed by atoms with Gasteiger partial charge in [-0.15, -0.1) is 0 Å². The fourth-order valence-electron chi connectivity index (χ4n) is 4.90. The lowest BCUT2D eigenvalue weighted by Crippen LogP contribution is -2.52. The summed E-state index contributed by atoms with van der Waals surface area (Å²) in [6.45, 7) is 4.23. The van der Waals surface area contributed by atoms with Crippen molar-refractivity contribution in [2.45, 2.75) is 33.1 Å². The van der Waals surface area contributed by atoms with Crippen LogP contribution < -0.4 is 0 Å². The summed E-state index contributed by atoms with van der Waals surface area (Å²) in [6, 6.07) is 0. The van der Waals surface area contributed by atoms with Crippen LogP contribution in [-0.4, -0.2) is 24.5 Å². The summed E-state index contributed by atoms with van der Waals surface area (Å²) < 4.78 is 31.2. The van der Waals surface area contributed by atoms with E-state index in [-0.39, 0.29) is 22.4 Å². The zero-order valence-corrected chi connectivity index (χ0v) is 10.3. The minimum atomic E-state index is -4.06. The third-order valence-electron chi connectivity index (χ3n) is 5.68.